The molecule has 1 heterocycles. The molecule has 3 rings (SSSR count). The van der Waals surface area contributed by atoms with Gasteiger partial charge in [-0.1, -0.05) is 54.6 Å². The van der Waals surface area contributed by atoms with E-state index in [9.17, 15) is 4.79 Å². The van der Waals surface area contributed by atoms with Crippen molar-refractivity contribution in [3.8, 4) is 11.1 Å². The number of hydrogen-bond acceptors (Lipinski definition) is 3. The minimum Gasteiger partial charge on any atom is -0.464 e. The molecule has 0 radical (unpaired) electrons. The molecule has 0 spiro atoms. The lowest BCUT2D eigenvalue weighted by Gasteiger charge is -2.21. The Hall–Kier alpha value is -2.13. The summed E-state index contributed by atoms with van der Waals surface area (Å²) in [7, 11) is 1.97. The first-order chi connectivity index (χ1) is 10.2. The molecule has 0 amide bonds. The van der Waals surface area contributed by atoms with E-state index in [1.165, 1.54) is 16.7 Å². The average molecular weight is 281 g/mol. The van der Waals surface area contributed by atoms with Gasteiger partial charge in [-0.2, -0.15) is 0 Å². The van der Waals surface area contributed by atoms with Gasteiger partial charge >= 0.3 is 5.97 Å². The number of likely N-dealkylation sites (N-methyl/N-ethyl adjacent to an activating group) is 1. The van der Waals surface area contributed by atoms with Crippen LogP contribution in [-0.4, -0.2) is 30.6 Å². The zero-order valence-electron chi connectivity index (χ0n) is 12.2. The van der Waals surface area contributed by atoms with Crippen LogP contribution in [0, 0.1) is 0 Å². The predicted octanol–water partition coefficient (Wildman–Crippen LogP) is 3.10. The lowest BCUT2D eigenvalue weighted by atomic mass is 10.0. The number of nitrogens with zero attached hydrogens (tertiary/aromatic N) is 1. The highest BCUT2D eigenvalue weighted by molar-refractivity contribution is 5.77. The second-order valence-corrected chi connectivity index (χ2v) is 5.45. The fraction of sp³-hybridized carbons (Fsp3) is 0.278. The van der Waals surface area contributed by atoms with Crippen LogP contribution in [0.4, 0.5) is 0 Å². The fourth-order valence-electron chi connectivity index (χ4n) is 2.72. The molecular weight excluding hydrogens is 262 g/mol. The van der Waals surface area contributed by atoms with E-state index in [-0.39, 0.29) is 12.0 Å². The quantitative estimate of drug-likeness (QED) is 0.807. The van der Waals surface area contributed by atoms with Crippen molar-refractivity contribution in [3.63, 3.8) is 0 Å². The molecule has 1 aliphatic heterocycles. The van der Waals surface area contributed by atoms with Gasteiger partial charge in [-0.25, -0.2) is 0 Å². The Morgan fingerprint density at radius 2 is 1.71 bits per heavy atom. The lowest BCUT2D eigenvalue weighted by Crippen LogP contribution is -2.34. The molecule has 0 aliphatic carbocycles. The Morgan fingerprint density at radius 1 is 1.05 bits per heavy atom. The van der Waals surface area contributed by atoms with Gasteiger partial charge in [-0.05, 0) is 23.7 Å². The van der Waals surface area contributed by atoms with Crippen LogP contribution in [-0.2, 0) is 16.1 Å². The summed E-state index contributed by atoms with van der Waals surface area (Å²) >= 11 is 0. The molecular formula is C18H19NO2. The molecule has 2 aromatic carbocycles. The summed E-state index contributed by atoms with van der Waals surface area (Å²) < 4.78 is 5.02. The Balaban J connectivity index is 1.68. The highest BCUT2D eigenvalue weighted by Gasteiger charge is 2.29. The van der Waals surface area contributed by atoms with E-state index in [2.05, 4.69) is 41.3 Å². The maximum atomic E-state index is 11.6. The molecule has 1 saturated heterocycles. The molecule has 3 heteroatoms. The largest absolute Gasteiger partial charge is 0.464 e. The van der Waals surface area contributed by atoms with Crippen LogP contribution in [0.25, 0.3) is 11.1 Å². The monoisotopic (exact) mass is 281 g/mol. The van der Waals surface area contributed by atoms with Gasteiger partial charge in [0.15, 0.2) is 0 Å². The third-order valence-electron chi connectivity index (χ3n) is 3.93. The van der Waals surface area contributed by atoms with Crippen LogP contribution in [0.15, 0.2) is 54.6 Å². The van der Waals surface area contributed by atoms with Crippen molar-refractivity contribution >= 4 is 5.97 Å². The van der Waals surface area contributed by atoms with E-state index >= 15 is 0 Å². The maximum absolute atomic E-state index is 11.6. The van der Waals surface area contributed by atoms with Gasteiger partial charge in [-0.3, -0.25) is 9.69 Å². The fourth-order valence-corrected chi connectivity index (χ4v) is 2.72. The molecule has 21 heavy (non-hydrogen) atoms. The minimum atomic E-state index is -0.0987. The number of cyclic esters (lactones) is 1. The first kappa shape index (κ1) is 13.8. The molecule has 0 saturated carbocycles. The molecule has 3 nitrogen and oxygen atoms in total. The van der Waals surface area contributed by atoms with E-state index in [4.69, 9.17) is 4.74 Å². The Bertz CT molecular complexity index is 607. The molecule has 0 bridgehead atoms. The van der Waals surface area contributed by atoms with Crippen molar-refractivity contribution < 1.29 is 9.53 Å². The van der Waals surface area contributed by atoms with Gasteiger partial charge in [-0.15, -0.1) is 0 Å². The summed E-state index contributed by atoms with van der Waals surface area (Å²) in [4.78, 5) is 13.6. The molecule has 108 valence electrons. The van der Waals surface area contributed by atoms with Gasteiger partial charge in [0.1, 0.15) is 6.04 Å². The van der Waals surface area contributed by atoms with Crippen LogP contribution in [0.2, 0.25) is 0 Å². The van der Waals surface area contributed by atoms with Gasteiger partial charge in [0.25, 0.3) is 0 Å². The smallest absolute Gasteiger partial charge is 0.323 e. The summed E-state index contributed by atoms with van der Waals surface area (Å²) in [6.45, 7) is 1.30. The number of benzene rings is 2. The normalized spacial score (nSPS) is 18.0. The number of hydrogen-bond donors (Lipinski definition) is 0. The van der Waals surface area contributed by atoms with Crippen LogP contribution in [0.1, 0.15) is 12.0 Å². The molecule has 0 aromatic heterocycles. The van der Waals surface area contributed by atoms with Crippen LogP contribution < -0.4 is 0 Å². The maximum Gasteiger partial charge on any atom is 0.323 e. The van der Waals surface area contributed by atoms with Crippen molar-refractivity contribution in [1.29, 1.82) is 0 Å². The minimum absolute atomic E-state index is 0.0983. The van der Waals surface area contributed by atoms with Crippen molar-refractivity contribution in [2.45, 2.75) is 19.0 Å². The topological polar surface area (TPSA) is 29.5 Å². The van der Waals surface area contributed by atoms with Crippen molar-refractivity contribution in [2.75, 3.05) is 13.7 Å². The highest BCUT2D eigenvalue weighted by atomic mass is 16.5. The van der Waals surface area contributed by atoms with E-state index < -0.39 is 0 Å². The van der Waals surface area contributed by atoms with E-state index in [1.807, 2.05) is 25.2 Å². The van der Waals surface area contributed by atoms with E-state index in [1.54, 1.807) is 0 Å². The second kappa shape index (κ2) is 6.10. The van der Waals surface area contributed by atoms with Crippen molar-refractivity contribution in [1.82, 2.24) is 4.90 Å². The van der Waals surface area contributed by atoms with Gasteiger partial charge in [0, 0.05) is 13.0 Å². The Kier molecular flexibility index (Phi) is 4.02. The van der Waals surface area contributed by atoms with Gasteiger partial charge in [0.2, 0.25) is 0 Å². The zero-order chi connectivity index (χ0) is 14.7. The second-order valence-electron chi connectivity index (χ2n) is 5.45. The van der Waals surface area contributed by atoms with Crippen LogP contribution in [0.5, 0.6) is 0 Å². The van der Waals surface area contributed by atoms with Crippen LogP contribution in [0.3, 0.4) is 0 Å². The summed E-state index contributed by atoms with van der Waals surface area (Å²) in [6, 6.07) is 18.7. The summed E-state index contributed by atoms with van der Waals surface area (Å²) in [5.41, 5.74) is 3.64. The number of carbonyl (C=O) groups excluding carboxylic acids is 1. The Morgan fingerprint density at radius 3 is 2.33 bits per heavy atom. The number of ether oxygens (including phenoxy) is 1. The highest BCUT2D eigenvalue weighted by Crippen LogP contribution is 2.21. The number of carbonyl (C=O) groups is 1. The molecule has 1 fully saturated rings. The average Bonchev–Trinajstić information content (AvgIpc) is 2.95. The van der Waals surface area contributed by atoms with Gasteiger partial charge < -0.3 is 4.74 Å². The summed E-state index contributed by atoms with van der Waals surface area (Å²) in [6.07, 6.45) is 0.789. The number of rotatable bonds is 4. The molecule has 0 N–H and O–H groups in total. The molecule has 1 unspecified atom stereocenters. The standard InChI is InChI=1S/C18H19NO2/c1-19(17-11-12-21-18(17)20)13-14-7-9-16(10-8-14)15-5-3-2-4-6-15/h2-10,17H,11-13H2,1H3. The predicted molar refractivity (Wildman–Crippen MR) is 82.7 cm³/mol. The van der Waals surface area contributed by atoms with Crippen LogP contribution >= 0.6 is 0 Å². The first-order valence-electron chi connectivity index (χ1n) is 7.25. The first-order valence-corrected chi connectivity index (χ1v) is 7.25. The van der Waals surface area contributed by atoms with E-state index in [0.717, 1.165) is 13.0 Å². The Labute approximate surface area is 125 Å². The molecule has 1 atom stereocenters. The summed E-state index contributed by atoms with van der Waals surface area (Å²) in [5, 5.41) is 0. The van der Waals surface area contributed by atoms with E-state index in [0.29, 0.717) is 6.61 Å². The SMILES string of the molecule is CN(Cc1ccc(-c2ccccc2)cc1)C1CCOC1=O. The summed E-state index contributed by atoms with van der Waals surface area (Å²) in [5.74, 6) is -0.0987. The zero-order valence-corrected chi connectivity index (χ0v) is 12.2. The lowest BCUT2D eigenvalue weighted by molar-refractivity contribution is -0.142. The third kappa shape index (κ3) is 3.14. The van der Waals surface area contributed by atoms with Crippen molar-refractivity contribution in [3.05, 3.63) is 60.2 Å². The molecule has 2 aromatic rings. The molecule has 1 aliphatic rings. The van der Waals surface area contributed by atoms with Gasteiger partial charge in [0.05, 0.1) is 6.61 Å². The van der Waals surface area contributed by atoms with Crippen molar-refractivity contribution in [2.24, 2.45) is 0 Å². The third-order valence-corrected chi connectivity index (χ3v) is 3.93. The number of esters is 1.